The second-order valence-corrected chi connectivity index (χ2v) is 8.73. The molecule has 0 radical (unpaired) electrons. The molecular formula is C27H31NO9. The topological polar surface area (TPSA) is 141 Å². The Kier molecular flexibility index (Phi) is 9.48. The number of nitrogens with one attached hydrogen (secondary N) is 1. The average Bonchev–Trinajstić information content (AvgIpc) is 3.52. The fourth-order valence-electron chi connectivity index (χ4n) is 4.05. The van der Waals surface area contributed by atoms with Crippen molar-refractivity contribution in [2.75, 3.05) is 7.11 Å². The zero-order valence-corrected chi connectivity index (χ0v) is 21.2. The van der Waals surface area contributed by atoms with Crippen molar-refractivity contribution in [1.82, 2.24) is 5.32 Å². The number of methoxy groups -OCH3 is 1. The predicted octanol–water partition coefficient (Wildman–Crippen LogP) is 4.01. The summed E-state index contributed by atoms with van der Waals surface area (Å²) in [5.41, 5.74) is 2.83. The predicted molar refractivity (Wildman–Crippen MR) is 131 cm³/mol. The molecule has 198 valence electrons. The van der Waals surface area contributed by atoms with Gasteiger partial charge in [0, 0.05) is 30.4 Å². The number of carboxylic acid groups (broad SMARTS) is 1. The quantitative estimate of drug-likeness (QED) is 0.231. The summed E-state index contributed by atoms with van der Waals surface area (Å²) in [5.74, 6) is -1.14. The number of furan rings is 1. The van der Waals surface area contributed by atoms with Gasteiger partial charge in [0.25, 0.3) is 0 Å². The highest BCUT2D eigenvalue weighted by molar-refractivity contribution is 5.99. The number of esters is 2. The normalized spacial score (nSPS) is 12.6. The number of aliphatic carboxylic acids is 1. The third kappa shape index (κ3) is 7.22. The standard InChI is InChI=1S/C27H31NO9/c1-16(10-12-22(30)31)9-11-19-25(34-3)17(2)20-15-36-27(33)24(20)26(19)37-23(32)8-4-7-21(29)28-14-18-6-5-13-35-18/h5-6,9,13H,4,7-8,10-12,14-15H2,1-3H3,(H,28,29)(H,30,31)/b16-9+. The molecule has 1 aliphatic rings. The molecule has 0 unspecified atom stereocenters. The lowest BCUT2D eigenvalue weighted by Crippen LogP contribution is -2.22. The molecule has 0 aliphatic carbocycles. The number of carbonyl (C=O) groups excluding carboxylic acids is 3. The molecule has 2 N–H and O–H groups in total. The smallest absolute Gasteiger partial charge is 0.342 e. The monoisotopic (exact) mass is 513 g/mol. The van der Waals surface area contributed by atoms with Crippen LogP contribution in [0.2, 0.25) is 0 Å². The zero-order valence-electron chi connectivity index (χ0n) is 21.2. The van der Waals surface area contributed by atoms with Gasteiger partial charge in [-0.15, -0.1) is 0 Å². The Bertz CT molecular complexity index is 1200. The van der Waals surface area contributed by atoms with E-state index in [-0.39, 0.29) is 62.5 Å². The molecule has 0 fully saturated rings. The first kappa shape index (κ1) is 27.5. The van der Waals surface area contributed by atoms with Crippen LogP contribution >= 0.6 is 0 Å². The molecule has 2 aromatic rings. The van der Waals surface area contributed by atoms with E-state index in [9.17, 15) is 19.2 Å². The number of allylic oxidation sites excluding steroid dienone is 2. The van der Waals surface area contributed by atoms with Gasteiger partial charge in [-0.1, -0.05) is 11.6 Å². The third-order valence-electron chi connectivity index (χ3n) is 6.05. The molecule has 0 spiro atoms. The Morgan fingerprint density at radius 3 is 2.62 bits per heavy atom. The second-order valence-electron chi connectivity index (χ2n) is 8.73. The molecular weight excluding hydrogens is 482 g/mol. The van der Waals surface area contributed by atoms with Crippen LogP contribution in [0.1, 0.15) is 71.8 Å². The van der Waals surface area contributed by atoms with Crippen LogP contribution in [0.4, 0.5) is 0 Å². The van der Waals surface area contributed by atoms with Gasteiger partial charge in [-0.2, -0.15) is 0 Å². The molecule has 3 rings (SSSR count). The van der Waals surface area contributed by atoms with E-state index in [1.54, 1.807) is 19.1 Å². The minimum absolute atomic E-state index is 0.00799. The number of fused-ring (bicyclic) bond motifs is 1. The van der Waals surface area contributed by atoms with Gasteiger partial charge in [-0.3, -0.25) is 14.4 Å². The van der Waals surface area contributed by atoms with Crippen molar-refractivity contribution in [3.05, 3.63) is 58.1 Å². The molecule has 0 bridgehead atoms. The molecule has 0 atom stereocenters. The van der Waals surface area contributed by atoms with Gasteiger partial charge in [0.2, 0.25) is 5.91 Å². The van der Waals surface area contributed by atoms with E-state index in [4.69, 9.17) is 23.7 Å². The van der Waals surface area contributed by atoms with Gasteiger partial charge in [-0.25, -0.2) is 4.79 Å². The largest absolute Gasteiger partial charge is 0.496 e. The van der Waals surface area contributed by atoms with Crippen molar-refractivity contribution in [1.29, 1.82) is 0 Å². The number of cyclic esters (lactones) is 1. The van der Waals surface area contributed by atoms with E-state index < -0.39 is 17.9 Å². The molecule has 1 aromatic heterocycles. The highest BCUT2D eigenvalue weighted by Crippen LogP contribution is 2.43. The zero-order chi connectivity index (χ0) is 26.9. The van der Waals surface area contributed by atoms with Crippen LogP contribution in [-0.2, 0) is 38.7 Å². The van der Waals surface area contributed by atoms with E-state index in [0.29, 0.717) is 34.6 Å². The number of carboxylic acids is 1. The first-order chi connectivity index (χ1) is 17.7. The van der Waals surface area contributed by atoms with Gasteiger partial charge in [0.05, 0.1) is 19.9 Å². The molecule has 37 heavy (non-hydrogen) atoms. The minimum Gasteiger partial charge on any atom is -0.496 e. The third-order valence-corrected chi connectivity index (χ3v) is 6.05. The van der Waals surface area contributed by atoms with Crippen molar-refractivity contribution in [2.45, 2.75) is 65.5 Å². The van der Waals surface area contributed by atoms with E-state index in [1.165, 1.54) is 13.4 Å². The lowest BCUT2D eigenvalue weighted by Gasteiger charge is -2.19. The van der Waals surface area contributed by atoms with E-state index in [0.717, 1.165) is 5.57 Å². The molecule has 10 nitrogen and oxygen atoms in total. The van der Waals surface area contributed by atoms with Crippen LogP contribution in [0.5, 0.6) is 11.5 Å². The summed E-state index contributed by atoms with van der Waals surface area (Å²) in [6, 6.07) is 3.48. The fourth-order valence-corrected chi connectivity index (χ4v) is 4.05. The average molecular weight is 514 g/mol. The first-order valence-corrected chi connectivity index (χ1v) is 12.0. The summed E-state index contributed by atoms with van der Waals surface area (Å²) in [4.78, 5) is 48.3. The Hall–Kier alpha value is -4.08. The summed E-state index contributed by atoms with van der Waals surface area (Å²) >= 11 is 0. The van der Waals surface area contributed by atoms with Crippen molar-refractivity contribution in [3.8, 4) is 11.5 Å². The summed E-state index contributed by atoms with van der Waals surface area (Å²) in [6.45, 7) is 3.92. The number of hydrogen-bond donors (Lipinski definition) is 2. The second kappa shape index (κ2) is 12.8. The van der Waals surface area contributed by atoms with Crippen LogP contribution in [0.25, 0.3) is 0 Å². The maximum Gasteiger partial charge on any atom is 0.342 e. The lowest BCUT2D eigenvalue weighted by molar-refractivity contribution is -0.137. The molecule has 1 aliphatic heterocycles. The van der Waals surface area contributed by atoms with Crippen LogP contribution in [0.3, 0.4) is 0 Å². The Morgan fingerprint density at radius 2 is 1.95 bits per heavy atom. The van der Waals surface area contributed by atoms with Crippen LogP contribution < -0.4 is 14.8 Å². The lowest BCUT2D eigenvalue weighted by atomic mass is 9.94. The highest BCUT2D eigenvalue weighted by Gasteiger charge is 2.34. The van der Waals surface area contributed by atoms with E-state index in [2.05, 4.69) is 5.32 Å². The summed E-state index contributed by atoms with van der Waals surface area (Å²) in [6.07, 6.45) is 4.29. The number of ether oxygens (including phenoxy) is 3. The fraction of sp³-hybridized carbons (Fsp3) is 0.407. The van der Waals surface area contributed by atoms with Crippen LogP contribution in [-0.4, -0.2) is 36.0 Å². The number of benzene rings is 1. The van der Waals surface area contributed by atoms with Gasteiger partial charge < -0.3 is 29.1 Å². The number of amides is 1. The Labute approximate surface area is 214 Å². The van der Waals surface area contributed by atoms with Crippen molar-refractivity contribution in [2.24, 2.45) is 0 Å². The van der Waals surface area contributed by atoms with E-state index in [1.807, 2.05) is 13.0 Å². The maximum atomic E-state index is 12.8. The summed E-state index contributed by atoms with van der Waals surface area (Å²) in [7, 11) is 1.49. The van der Waals surface area contributed by atoms with Crippen LogP contribution in [0, 0.1) is 6.92 Å². The van der Waals surface area contributed by atoms with Crippen molar-refractivity contribution < 1.29 is 42.9 Å². The first-order valence-electron chi connectivity index (χ1n) is 12.0. The Balaban J connectivity index is 1.74. The molecule has 1 amide bonds. The van der Waals surface area contributed by atoms with Gasteiger partial charge in [0.1, 0.15) is 23.7 Å². The van der Waals surface area contributed by atoms with Crippen molar-refractivity contribution in [3.63, 3.8) is 0 Å². The minimum atomic E-state index is -0.897. The highest BCUT2D eigenvalue weighted by atomic mass is 16.6. The molecule has 2 heterocycles. The number of carbonyl (C=O) groups is 4. The summed E-state index contributed by atoms with van der Waals surface area (Å²) < 4.78 is 21.7. The number of hydrogen-bond acceptors (Lipinski definition) is 8. The molecule has 0 saturated carbocycles. The summed E-state index contributed by atoms with van der Waals surface area (Å²) in [5, 5.41) is 11.7. The van der Waals surface area contributed by atoms with Crippen molar-refractivity contribution >= 4 is 23.8 Å². The molecule has 1 aromatic carbocycles. The Morgan fingerprint density at radius 1 is 1.16 bits per heavy atom. The molecule has 0 saturated heterocycles. The van der Waals surface area contributed by atoms with Gasteiger partial charge in [0.15, 0.2) is 5.75 Å². The van der Waals surface area contributed by atoms with Crippen LogP contribution in [0.15, 0.2) is 34.5 Å². The van der Waals surface area contributed by atoms with Gasteiger partial charge in [-0.05, 0) is 50.8 Å². The van der Waals surface area contributed by atoms with Gasteiger partial charge >= 0.3 is 17.9 Å². The maximum absolute atomic E-state index is 12.8. The van der Waals surface area contributed by atoms with E-state index >= 15 is 0 Å². The number of rotatable bonds is 13. The SMILES string of the molecule is COc1c(C)c2c(c(OC(=O)CCCC(=O)NCc3ccco3)c1C/C=C(\C)CCC(=O)O)C(=O)OC2. The molecule has 10 heteroatoms.